The Hall–Kier alpha value is -3.71. The lowest BCUT2D eigenvalue weighted by molar-refractivity contribution is -0.122. The van der Waals surface area contributed by atoms with Gasteiger partial charge in [0.05, 0.1) is 5.69 Å². The van der Waals surface area contributed by atoms with Crippen LogP contribution in [0.2, 0.25) is 0 Å². The molecule has 1 saturated heterocycles. The van der Waals surface area contributed by atoms with E-state index < -0.39 is 17.8 Å². The molecule has 0 saturated carbocycles. The molecule has 1 aliphatic rings. The molecule has 1 N–H and O–H groups in total. The molecule has 4 rings (SSSR count). The summed E-state index contributed by atoms with van der Waals surface area (Å²) in [6, 6.07) is 21.0. The fourth-order valence-corrected chi connectivity index (χ4v) is 3.46. The molecule has 1 heterocycles. The van der Waals surface area contributed by atoms with Crippen LogP contribution in [0.5, 0.6) is 5.75 Å². The number of rotatable bonds is 5. The van der Waals surface area contributed by atoms with E-state index in [0.29, 0.717) is 23.6 Å². The number of carbonyl (C=O) groups excluding carboxylic acids is 3. The summed E-state index contributed by atoms with van der Waals surface area (Å²) in [5.74, 6) is -0.814. The van der Waals surface area contributed by atoms with E-state index in [4.69, 9.17) is 4.74 Å². The van der Waals surface area contributed by atoms with Crippen LogP contribution in [0, 0.1) is 6.92 Å². The van der Waals surface area contributed by atoms with Crippen molar-refractivity contribution in [2.45, 2.75) is 13.5 Å². The molecule has 0 radical (unpaired) electrons. The van der Waals surface area contributed by atoms with Gasteiger partial charge in [-0.2, -0.15) is 0 Å². The highest BCUT2D eigenvalue weighted by Crippen LogP contribution is 2.24. The van der Waals surface area contributed by atoms with Gasteiger partial charge >= 0.3 is 6.03 Å². The Balaban J connectivity index is 1.56. The van der Waals surface area contributed by atoms with Crippen LogP contribution in [0.25, 0.3) is 6.08 Å². The monoisotopic (exact) mass is 490 g/mol. The third-order valence-corrected chi connectivity index (χ3v) is 5.41. The van der Waals surface area contributed by atoms with Gasteiger partial charge in [0, 0.05) is 4.47 Å². The second-order valence-corrected chi connectivity index (χ2v) is 8.20. The van der Waals surface area contributed by atoms with E-state index in [1.54, 1.807) is 48.5 Å². The normalized spacial score (nSPS) is 15.1. The van der Waals surface area contributed by atoms with E-state index in [2.05, 4.69) is 21.2 Å². The molecule has 7 heteroatoms. The van der Waals surface area contributed by atoms with Crippen molar-refractivity contribution in [1.82, 2.24) is 5.32 Å². The van der Waals surface area contributed by atoms with Crippen LogP contribution in [-0.4, -0.2) is 17.8 Å². The molecule has 1 fully saturated rings. The van der Waals surface area contributed by atoms with E-state index in [1.165, 1.54) is 6.08 Å². The number of imide groups is 2. The highest BCUT2D eigenvalue weighted by molar-refractivity contribution is 9.10. The SMILES string of the molecule is Cc1ccc(N2C(=O)NC(=O)/C(=C/c3cccc(OCc4ccc(Br)cc4)c3)C2=O)cc1. The summed E-state index contributed by atoms with van der Waals surface area (Å²) in [5, 5.41) is 2.23. The molecule has 3 aromatic carbocycles. The first kappa shape index (κ1) is 21.5. The number of aryl methyl sites for hydroxylation is 1. The predicted molar refractivity (Wildman–Crippen MR) is 125 cm³/mol. The van der Waals surface area contributed by atoms with Crippen molar-refractivity contribution < 1.29 is 19.1 Å². The average molecular weight is 491 g/mol. The molecular formula is C25H19BrN2O4. The van der Waals surface area contributed by atoms with Crippen LogP contribution in [0.3, 0.4) is 0 Å². The van der Waals surface area contributed by atoms with Crippen LogP contribution >= 0.6 is 15.9 Å². The number of halogens is 1. The Morgan fingerprint density at radius 1 is 0.969 bits per heavy atom. The summed E-state index contributed by atoms with van der Waals surface area (Å²) >= 11 is 3.40. The second kappa shape index (κ2) is 9.20. The predicted octanol–water partition coefficient (Wildman–Crippen LogP) is 5.00. The van der Waals surface area contributed by atoms with Gasteiger partial charge in [0.25, 0.3) is 11.8 Å². The molecule has 0 bridgehead atoms. The van der Waals surface area contributed by atoms with Gasteiger partial charge in [-0.1, -0.05) is 57.9 Å². The minimum Gasteiger partial charge on any atom is -0.489 e. The lowest BCUT2D eigenvalue weighted by Gasteiger charge is -2.26. The number of carbonyl (C=O) groups is 3. The highest BCUT2D eigenvalue weighted by atomic mass is 79.9. The van der Waals surface area contributed by atoms with Gasteiger partial charge in [-0.05, 0) is 60.5 Å². The summed E-state index contributed by atoms with van der Waals surface area (Å²) < 4.78 is 6.83. The number of ether oxygens (including phenoxy) is 1. The highest BCUT2D eigenvalue weighted by Gasteiger charge is 2.36. The first-order valence-corrected chi connectivity index (χ1v) is 10.7. The zero-order valence-electron chi connectivity index (χ0n) is 17.2. The third-order valence-electron chi connectivity index (χ3n) is 4.88. The summed E-state index contributed by atoms with van der Waals surface area (Å²) in [5.41, 5.74) is 2.87. The molecule has 0 unspecified atom stereocenters. The molecule has 0 spiro atoms. The zero-order valence-corrected chi connectivity index (χ0v) is 18.8. The lowest BCUT2D eigenvalue weighted by atomic mass is 10.1. The molecule has 32 heavy (non-hydrogen) atoms. The van der Waals surface area contributed by atoms with E-state index in [-0.39, 0.29) is 5.57 Å². The second-order valence-electron chi connectivity index (χ2n) is 7.28. The number of barbiturate groups is 1. The summed E-state index contributed by atoms with van der Waals surface area (Å²) in [6.45, 7) is 2.28. The van der Waals surface area contributed by atoms with Crippen LogP contribution in [-0.2, 0) is 16.2 Å². The summed E-state index contributed by atoms with van der Waals surface area (Å²) in [6.07, 6.45) is 1.46. The number of nitrogens with one attached hydrogen (secondary N) is 1. The maximum Gasteiger partial charge on any atom is 0.335 e. The van der Waals surface area contributed by atoms with Gasteiger partial charge in [0.2, 0.25) is 0 Å². The van der Waals surface area contributed by atoms with Gasteiger partial charge in [-0.3, -0.25) is 14.9 Å². The fraction of sp³-hybridized carbons (Fsp3) is 0.0800. The smallest absolute Gasteiger partial charge is 0.335 e. The number of hydrogen-bond acceptors (Lipinski definition) is 4. The maximum atomic E-state index is 13.0. The Labute approximate surface area is 193 Å². The van der Waals surface area contributed by atoms with Crippen molar-refractivity contribution in [3.05, 3.63) is 99.5 Å². The number of benzene rings is 3. The van der Waals surface area contributed by atoms with E-state index in [1.807, 2.05) is 31.2 Å². The van der Waals surface area contributed by atoms with Crippen LogP contribution < -0.4 is 15.0 Å². The van der Waals surface area contributed by atoms with Crippen molar-refractivity contribution in [2.24, 2.45) is 0 Å². The Bertz CT molecular complexity index is 1220. The van der Waals surface area contributed by atoms with E-state index in [9.17, 15) is 14.4 Å². The Morgan fingerprint density at radius 2 is 1.69 bits per heavy atom. The van der Waals surface area contributed by atoms with Crippen molar-refractivity contribution in [2.75, 3.05) is 4.90 Å². The summed E-state index contributed by atoms with van der Waals surface area (Å²) in [4.78, 5) is 38.7. The topological polar surface area (TPSA) is 75.7 Å². The van der Waals surface area contributed by atoms with Crippen molar-refractivity contribution >= 4 is 45.5 Å². The molecule has 4 amide bonds. The fourth-order valence-electron chi connectivity index (χ4n) is 3.19. The molecule has 0 aromatic heterocycles. The Kier molecular flexibility index (Phi) is 6.18. The van der Waals surface area contributed by atoms with E-state index in [0.717, 1.165) is 20.5 Å². The quantitative estimate of drug-likeness (QED) is 0.403. The molecule has 0 aliphatic carbocycles. The van der Waals surface area contributed by atoms with Gasteiger partial charge in [0.15, 0.2) is 0 Å². The third kappa shape index (κ3) is 4.78. The van der Waals surface area contributed by atoms with Crippen LogP contribution in [0.1, 0.15) is 16.7 Å². The number of hydrogen-bond donors (Lipinski definition) is 1. The minimum absolute atomic E-state index is 0.129. The first-order valence-electron chi connectivity index (χ1n) is 9.86. The lowest BCUT2D eigenvalue weighted by Crippen LogP contribution is -2.54. The average Bonchev–Trinajstić information content (AvgIpc) is 2.78. The zero-order chi connectivity index (χ0) is 22.7. The number of anilines is 1. The molecular weight excluding hydrogens is 472 g/mol. The minimum atomic E-state index is -0.771. The molecule has 0 atom stereocenters. The number of nitrogens with zero attached hydrogens (tertiary/aromatic N) is 1. The van der Waals surface area contributed by atoms with Crippen LogP contribution in [0.15, 0.2) is 82.8 Å². The van der Waals surface area contributed by atoms with Crippen molar-refractivity contribution in [3.8, 4) is 5.75 Å². The van der Waals surface area contributed by atoms with Gasteiger partial charge in [0.1, 0.15) is 17.9 Å². The van der Waals surface area contributed by atoms with E-state index >= 15 is 0 Å². The number of amides is 4. The Morgan fingerprint density at radius 3 is 2.41 bits per heavy atom. The molecule has 6 nitrogen and oxygen atoms in total. The van der Waals surface area contributed by atoms with Gasteiger partial charge < -0.3 is 4.74 Å². The first-order chi connectivity index (χ1) is 15.4. The van der Waals surface area contributed by atoms with Crippen molar-refractivity contribution in [3.63, 3.8) is 0 Å². The largest absolute Gasteiger partial charge is 0.489 e. The van der Waals surface area contributed by atoms with Crippen molar-refractivity contribution in [1.29, 1.82) is 0 Å². The van der Waals surface area contributed by atoms with Gasteiger partial charge in [-0.15, -0.1) is 0 Å². The van der Waals surface area contributed by atoms with Crippen LogP contribution in [0.4, 0.5) is 10.5 Å². The molecule has 160 valence electrons. The standard InChI is InChI=1S/C25H19BrN2O4/c1-16-5-11-20(12-6-16)28-24(30)22(23(29)27-25(28)31)14-18-3-2-4-21(13-18)32-15-17-7-9-19(26)10-8-17/h2-14H,15H2,1H3,(H,27,29,31)/b22-14-. The molecule has 3 aromatic rings. The number of urea groups is 1. The van der Waals surface area contributed by atoms with Gasteiger partial charge in [-0.25, -0.2) is 9.69 Å². The maximum absolute atomic E-state index is 13.0. The molecule has 1 aliphatic heterocycles. The summed E-state index contributed by atoms with van der Waals surface area (Å²) in [7, 11) is 0.